The van der Waals surface area contributed by atoms with Gasteiger partial charge in [-0.1, -0.05) is 18.2 Å². The number of carbonyl (C=O) groups is 1. The Kier molecular flexibility index (Phi) is 2.89. The van der Waals surface area contributed by atoms with Gasteiger partial charge in [0.05, 0.1) is 10.8 Å². The zero-order chi connectivity index (χ0) is 11.7. The maximum absolute atomic E-state index is 10.9. The molecule has 1 aromatic heterocycles. The van der Waals surface area contributed by atoms with Crippen molar-refractivity contribution in [2.75, 3.05) is 0 Å². The molecular weight excluding hydrogens is 242 g/mol. The van der Waals surface area contributed by atoms with E-state index in [1.165, 1.54) is 0 Å². The van der Waals surface area contributed by atoms with E-state index in [1.54, 1.807) is 11.5 Å². The summed E-state index contributed by atoms with van der Waals surface area (Å²) in [5.74, 6) is -1.18. The highest BCUT2D eigenvalue weighted by atomic mass is 32.1. The molecule has 2 rings (SSSR count). The minimum absolute atomic E-state index is 0.189. The summed E-state index contributed by atoms with van der Waals surface area (Å²) in [6.07, 6.45) is 0. The molecule has 16 heavy (non-hydrogen) atoms. The molecule has 5 heteroatoms. The highest BCUT2D eigenvalue weighted by Crippen LogP contribution is 2.22. The number of thiazole rings is 1. The van der Waals surface area contributed by atoms with Crippen LogP contribution in [0.1, 0.15) is 15.4 Å². The lowest BCUT2D eigenvalue weighted by Crippen LogP contribution is -2.22. The summed E-state index contributed by atoms with van der Waals surface area (Å²) in [7, 11) is 0. The molecule has 3 nitrogen and oxygen atoms in total. The van der Waals surface area contributed by atoms with E-state index in [0.29, 0.717) is 9.65 Å². The Morgan fingerprint density at radius 2 is 2.00 bits per heavy atom. The fourth-order valence-electron chi connectivity index (χ4n) is 1.51. The molecule has 0 aliphatic rings. The monoisotopic (exact) mass is 250 g/mol. The van der Waals surface area contributed by atoms with E-state index in [4.69, 9.17) is 12.2 Å². The predicted molar refractivity (Wildman–Crippen MR) is 63.5 cm³/mol. The van der Waals surface area contributed by atoms with Gasteiger partial charge >= 0.3 is 0 Å². The van der Waals surface area contributed by atoms with Crippen LogP contribution in [0.25, 0.3) is 5.69 Å². The number of aromatic carboxylic acids is 1. The van der Waals surface area contributed by atoms with Crippen molar-refractivity contribution in [3.05, 3.63) is 44.9 Å². The van der Waals surface area contributed by atoms with Crippen LogP contribution in [-0.4, -0.2) is 10.5 Å². The molecule has 0 aliphatic heterocycles. The molecule has 1 heterocycles. The minimum Gasteiger partial charge on any atom is -0.544 e. The van der Waals surface area contributed by atoms with Crippen LogP contribution < -0.4 is 5.11 Å². The summed E-state index contributed by atoms with van der Waals surface area (Å²) in [6.45, 7) is 1.73. The summed E-state index contributed by atoms with van der Waals surface area (Å²) < 4.78 is 2.26. The predicted octanol–water partition coefficient (Wildman–Crippen LogP) is 1.94. The van der Waals surface area contributed by atoms with Crippen LogP contribution in [-0.2, 0) is 0 Å². The molecule has 82 valence electrons. The normalized spacial score (nSPS) is 10.3. The number of carbonyl (C=O) groups excluding carboxylic acids is 1. The first kappa shape index (κ1) is 11.0. The minimum atomic E-state index is -1.18. The Bertz CT molecular complexity index is 584. The first-order valence-corrected chi connectivity index (χ1v) is 5.83. The number of carboxylic acids is 1. The molecule has 0 amide bonds. The first-order valence-electron chi connectivity index (χ1n) is 4.60. The van der Waals surface area contributed by atoms with Gasteiger partial charge in [0.1, 0.15) is 0 Å². The second kappa shape index (κ2) is 4.19. The van der Waals surface area contributed by atoms with Crippen molar-refractivity contribution in [3.63, 3.8) is 0 Å². The largest absolute Gasteiger partial charge is 0.544 e. The van der Waals surface area contributed by atoms with Crippen LogP contribution in [0.2, 0.25) is 0 Å². The fraction of sp³-hybridized carbons (Fsp3) is 0.0909. The maximum Gasteiger partial charge on any atom is 0.166 e. The quantitative estimate of drug-likeness (QED) is 0.765. The molecule has 0 saturated carbocycles. The lowest BCUT2D eigenvalue weighted by molar-refractivity contribution is -0.254. The van der Waals surface area contributed by atoms with Crippen molar-refractivity contribution in [1.82, 2.24) is 4.57 Å². The van der Waals surface area contributed by atoms with Crippen LogP contribution in [0.3, 0.4) is 0 Å². The van der Waals surface area contributed by atoms with E-state index in [1.807, 2.05) is 30.3 Å². The lowest BCUT2D eigenvalue weighted by atomic mass is 10.3. The van der Waals surface area contributed by atoms with Crippen molar-refractivity contribution < 1.29 is 9.90 Å². The van der Waals surface area contributed by atoms with Gasteiger partial charge in [-0.05, 0) is 31.3 Å². The van der Waals surface area contributed by atoms with Gasteiger partial charge in [0.15, 0.2) is 3.95 Å². The Morgan fingerprint density at radius 3 is 2.50 bits per heavy atom. The second-order valence-electron chi connectivity index (χ2n) is 3.24. The number of carboxylic acid groups (broad SMARTS) is 1. The van der Waals surface area contributed by atoms with Crippen LogP contribution in [0.15, 0.2) is 30.3 Å². The smallest absolute Gasteiger partial charge is 0.166 e. The van der Waals surface area contributed by atoms with Crippen molar-refractivity contribution in [2.45, 2.75) is 6.92 Å². The number of para-hydroxylation sites is 1. The zero-order valence-electron chi connectivity index (χ0n) is 8.47. The van der Waals surface area contributed by atoms with E-state index >= 15 is 0 Å². The van der Waals surface area contributed by atoms with E-state index in [-0.39, 0.29) is 4.88 Å². The molecule has 1 aromatic carbocycles. The first-order chi connectivity index (χ1) is 7.61. The van der Waals surface area contributed by atoms with Gasteiger partial charge in [-0.3, -0.25) is 4.57 Å². The summed E-state index contributed by atoms with van der Waals surface area (Å²) in [6, 6.07) is 9.43. The van der Waals surface area contributed by atoms with Crippen molar-refractivity contribution in [2.24, 2.45) is 0 Å². The summed E-state index contributed by atoms with van der Waals surface area (Å²) in [5.41, 5.74) is 1.48. The van der Waals surface area contributed by atoms with Gasteiger partial charge in [0.25, 0.3) is 0 Å². The molecule has 0 fully saturated rings. The van der Waals surface area contributed by atoms with Crippen LogP contribution in [0.4, 0.5) is 0 Å². The fourth-order valence-corrected chi connectivity index (χ4v) is 2.83. The van der Waals surface area contributed by atoms with E-state index < -0.39 is 5.97 Å². The third kappa shape index (κ3) is 1.79. The molecule has 0 saturated heterocycles. The van der Waals surface area contributed by atoms with Crippen LogP contribution in [0, 0.1) is 10.9 Å². The average molecular weight is 250 g/mol. The number of benzene rings is 1. The van der Waals surface area contributed by atoms with Gasteiger partial charge < -0.3 is 9.90 Å². The van der Waals surface area contributed by atoms with Gasteiger partial charge in [-0.15, -0.1) is 11.3 Å². The molecular formula is C11H8NO2S2-. The highest BCUT2D eigenvalue weighted by molar-refractivity contribution is 7.73. The molecule has 0 atom stereocenters. The van der Waals surface area contributed by atoms with Gasteiger partial charge in [-0.2, -0.15) is 0 Å². The molecule has 0 spiro atoms. The Hall–Kier alpha value is -1.46. The molecule has 0 aliphatic carbocycles. The third-order valence-electron chi connectivity index (χ3n) is 2.24. The van der Waals surface area contributed by atoms with Gasteiger partial charge in [0, 0.05) is 11.4 Å². The summed E-state index contributed by atoms with van der Waals surface area (Å²) in [5, 5.41) is 10.9. The van der Waals surface area contributed by atoms with E-state index in [9.17, 15) is 9.90 Å². The van der Waals surface area contributed by atoms with Crippen molar-refractivity contribution in [1.29, 1.82) is 0 Å². The molecule has 0 bridgehead atoms. The standard InChI is InChI=1S/C11H9NO2S2/c1-7-9(10(13)14)16-11(15)12(7)8-5-3-2-4-6-8/h2-6H,1H3,(H,13,14)/p-1. The summed E-state index contributed by atoms with van der Waals surface area (Å²) >= 11 is 6.21. The molecule has 2 aromatic rings. The Balaban J connectivity index is 2.68. The highest BCUT2D eigenvalue weighted by Gasteiger charge is 2.10. The number of hydrogen-bond acceptors (Lipinski definition) is 4. The molecule has 0 N–H and O–H groups in total. The number of hydrogen-bond donors (Lipinski definition) is 0. The van der Waals surface area contributed by atoms with Crippen molar-refractivity contribution in [3.8, 4) is 5.69 Å². The number of rotatable bonds is 2. The summed E-state index contributed by atoms with van der Waals surface area (Å²) in [4.78, 5) is 11.0. The topological polar surface area (TPSA) is 45.1 Å². The maximum atomic E-state index is 10.9. The molecule has 0 unspecified atom stereocenters. The lowest BCUT2D eigenvalue weighted by Gasteiger charge is -2.06. The van der Waals surface area contributed by atoms with Crippen molar-refractivity contribution >= 4 is 29.5 Å². The van der Waals surface area contributed by atoms with Gasteiger partial charge in [0.2, 0.25) is 0 Å². The average Bonchev–Trinajstić information content (AvgIpc) is 2.56. The number of nitrogens with zero attached hydrogens (tertiary/aromatic N) is 1. The Morgan fingerprint density at radius 1 is 1.38 bits per heavy atom. The van der Waals surface area contributed by atoms with Crippen LogP contribution >= 0.6 is 23.6 Å². The van der Waals surface area contributed by atoms with Crippen LogP contribution in [0.5, 0.6) is 0 Å². The SMILES string of the molecule is Cc1c(C(=O)[O-])sc(=S)n1-c1ccccc1. The number of aromatic nitrogens is 1. The zero-order valence-corrected chi connectivity index (χ0v) is 10.1. The third-order valence-corrected chi connectivity index (χ3v) is 3.69. The van der Waals surface area contributed by atoms with E-state index in [2.05, 4.69) is 0 Å². The van der Waals surface area contributed by atoms with E-state index in [0.717, 1.165) is 17.0 Å². The Labute approximate surface area is 102 Å². The van der Waals surface area contributed by atoms with Gasteiger partial charge in [-0.25, -0.2) is 0 Å². The second-order valence-corrected chi connectivity index (χ2v) is 4.89. The molecule has 0 radical (unpaired) electrons.